The van der Waals surface area contributed by atoms with Crippen LogP contribution in [0.4, 0.5) is 0 Å². The van der Waals surface area contributed by atoms with Gasteiger partial charge in [-0.1, -0.05) is 30.3 Å². The lowest BCUT2D eigenvalue weighted by molar-refractivity contribution is -0.122. The lowest BCUT2D eigenvalue weighted by Gasteiger charge is -2.44. The van der Waals surface area contributed by atoms with Crippen molar-refractivity contribution in [2.75, 3.05) is 18.9 Å². The third-order valence-corrected chi connectivity index (χ3v) is 4.67. The molecular formula is C16H21NO2S. The van der Waals surface area contributed by atoms with Crippen LogP contribution in [0.15, 0.2) is 30.3 Å². The fourth-order valence-electron chi connectivity index (χ4n) is 3.66. The topological polar surface area (TPSA) is 38.3 Å². The highest BCUT2D eigenvalue weighted by Gasteiger charge is 2.61. The van der Waals surface area contributed by atoms with Crippen LogP contribution in [0.1, 0.15) is 24.8 Å². The second kappa shape index (κ2) is 5.41. The summed E-state index contributed by atoms with van der Waals surface area (Å²) in [4.78, 5) is 11.5. The summed E-state index contributed by atoms with van der Waals surface area (Å²) >= 11 is 4.07. The molecule has 3 nitrogen and oxygen atoms in total. The fourth-order valence-corrected chi connectivity index (χ4v) is 3.86. The van der Waals surface area contributed by atoms with Gasteiger partial charge in [-0.2, -0.15) is 12.6 Å². The molecule has 3 aliphatic rings. The van der Waals surface area contributed by atoms with E-state index in [4.69, 9.17) is 4.74 Å². The lowest BCUT2D eigenvalue weighted by Crippen LogP contribution is -2.52. The molecule has 1 saturated carbocycles. The van der Waals surface area contributed by atoms with E-state index in [2.05, 4.69) is 42.2 Å². The first kappa shape index (κ1) is 14.0. The Morgan fingerprint density at radius 2 is 2.05 bits per heavy atom. The largest absolute Gasteiger partial charge is 0.373 e. The van der Waals surface area contributed by atoms with E-state index in [1.807, 2.05) is 6.07 Å². The molecule has 2 aliphatic heterocycles. The Bertz CT molecular complexity index is 483. The summed E-state index contributed by atoms with van der Waals surface area (Å²) in [7, 11) is 0. The Balaban J connectivity index is 1.52. The number of amides is 1. The quantitative estimate of drug-likeness (QED) is 0.789. The van der Waals surface area contributed by atoms with Gasteiger partial charge < -0.3 is 10.1 Å². The molecule has 1 aromatic carbocycles. The van der Waals surface area contributed by atoms with E-state index in [1.54, 1.807) is 0 Å². The average molecular weight is 291 g/mol. The van der Waals surface area contributed by atoms with E-state index in [0.717, 1.165) is 25.9 Å². The molecule has 0 aromatic heterocycles. The Kier molecular flexibility index (Phi) is 3.78. The third kappa shape index (κ3) is 2.72. The number of hydrogen-bond acceptors (Lipinski definition) is 3. The van der Waals surface area contributed by atoms with Crippen molar-refractivity contribution in [3.63, 3.8) is 0 Å². The van der Waals surface area contributed by atoms with Gasteiger partial charge in [0, 0.05) is 18.4 Å². The van der Waals surface area contributed by atoms with Crippen LogP contribution in [0.5, 0.6) is 0 Å². The van der Waals surface area contributed by atoms with E-state index in [-0.39, 0.29) is 11.5 Å². The predicted octanol–water partition coefficient (Wildman–Crippen LogP) is 2.21. The van der Waals surface area contributed by atoms with Crippen LogP contribution in [0.25, 0.3) is 0 Å². The summed E-state index contributed by atoms with van der Waals surface area (Å²) in [5, 5.41) is 2.97. The third-order valence-electron chi connectivity index (χ3n) is 4.45. The van der Waals surface area contributed by atoms with Gasteiger partial charge in [-0.05, 0) is 30.6 Å². The molecule has 1 aromatic rings. The van der Waals surface area contributed by atoms with Crippen molar-refractivity contribution >= 4 is 18.5 Å². The fraction of sp³-hybridized carbons (Fsp3) is 0.562. The van der Waals surface area contributed by atoms with Gasteiger partial charge in [0.05, 0.1) is 12.2 Å². The number of carbonyl (C=O) groups is 1. The van der Waals surface area contributed by atoms with Crippen molar-refractivity contribution < 1.29 is 9.53 Å². The molecule has 0 atom stereocenters. The predicted molar refractivity (Wildman–Crippen MR) is 82.0 cm³/mol. The standard InChI is InChI=1S/C16H21NO2S/c18-14(6-7-20)17-11-16-9-15(10-16,12-19-16)8-13-4-2-1-3-5-13/h1-5,20H,6-12H2,(H,17,18). The molecule has 3 fully saturated rings. The Morgan fingerprint density at radius 3 is 2.75 bits per heavy atom. The monoisotopic (exact) mass is 291 g/mol. The zero-order valence-corrected chi connectivity index (χ0v) is 12.5. The van der Waals surface area contributed by atoms with Crippen LogP contribution in [0.2, 0.25) is 0 Å². The van der Waals surface area contributed by atoms with Gasteiger partial charge in [0.25, 0.3) is 0 Å². The van der Waals surface area contributed by atoms with Gasteiger partial charge in [-0.15, -0.1) is 0 Å². The molecule has 4 rings (SSSR count). The van der Waals surface area contributed by atoms with E-state index in [9.17, 15) is 4.79 Å². The Morgan fingerprint density at radius 1 is 1.30 bits per heavy atom. The minimum atomic E-state index is -0.0962. The molecule has 2 saturated heterocycles. The minimum Gasteiger partial charge on any atom is -0.373 e. The summed E-state index contributed by atoms with van der Waals surface area (Å²) in [6.07, 6.45) is 3.70. The number of thiol groups is 1. The van der Waals surface area contributed by atoms with Gasteiger partial charge in [0.2, 0.25) is 5.91 Å². The number of nitrogens with one attached hydrogen (secondary N) is 1. The van der Waals surface area contributed by atoms with Crippen LogP contribution in [0.3, 0.4) is 0 Å². The van der Waals surface area contributed by atoms with E-state index in [1.165, 1.54) is 5.56 Å². The molecule has 1 N–H and O–H groups in total. The van der Waals surface area contributed by atoms with Crippen LogP contribution in [-0.4, -0.2) is 30.4 Å². The van der Waals surface area contributed by atoms with Crippen LogP contribution in [0, 0.1) is 5.41 Å². The molecule has 0 unspecified atom stereocenters. The number of carbonyl (C=O) groups excluding carboxylic acids is 1. The molecule has 108 valence electrons. The smallest absolute Gasteiger partial charge is 0.220 e. The lowest BCUT2D eigenvalue weighted by atomic mass is 9.60. The van der Waals surface area contributed by atoms with Crippen LogP contribution < -0.4 is 5.32 Å². The molecule has 0 spiro atoms. The first-order valence-electron chi connectivity index (χ1n) is 7.21. The number of hydrogen-bond donors (Lipinski definition) is 2. The van der Waals surface area contributed by atoms with Gasteiger partial charge in [0.15, 0.2) is 0 Å². The van der Waals surface area contributed by atoms with Gasteiger partial charge in [0.1, 0.15) is 0 Å². The summed E-state index contributed by atoms with van der Waals surface area (Å²) in [5.41, 5.74) is 1.59. The maximum absolute atomic E-state index is 11.5. The molecule has 4 heteroatoms. The molecule has 2 bridgehead atoms. The highest BCUT2D eigenvalue weighted by molar-refractivity contribution is 7.80. The number of fused-ring (bicyclic) bond motifs is 1. The van der Waals surface area contributed by atoms with Gasteiger partial charge >= 0.3 is 0 Å². The summed E-state index contributed by atoms with van der Waals surface area (Å²) < 4.78 is 5.98. The van der Waals surface area contributed by atoms with E-state index < -0.39 is 0 Å². The van der Waals surface area contributed by atoms with E-state index in [0.29, 0.717) is 24.1 Å². The minimum absolute atomic E-state index is 0.0745. The van der Waals surface area contributed by atoms with Gasteiger partial charge in [-0.25, -0.2) is 0 Å². The van der Waals surface area contributed by atoms with Crippen molar-refractivity contribution in [1.82, 2.24) is 5.32 Å². The maximum atomic E-state index is 11.5. The molecule has 1 amide bonds. The summed E-state index contributed by atoms with van der Waals surface area (Å²) in [6, 6.07) is 10.6. The highest BCUT2D eigenvalue weighted by atomic mass is 32.1. The Labute approximate surface area is 125 Å². The zero-order chi connectivity index (χ0) is 14.1. The second-order valence-corrected chi connectivity index (χ2v) is 6.69. The molecule has 1 aliphatic carbocycles. The maximum Gasteiger partial charge on any atom is 0.220 e. The zero-order valence-electron chi connectivity index (χ0n) is 11.6. The first-order valence-corrected chi connectivity index (χ1v) is 7.84. The van der Waals surface area contributed by atoms with Crippen molar-refractivity contribution in [3.8, 4) is 0 Å². The normalized spacial score (nSPS) is 30.9. The SMILES string of the molecule is O=C(CCS)NCC12CC(Cc3ccccc3)(CO1)C2. The van der Waals surface area contributed by atoms with Crippen LogP contribution in [-0.2, 0) is 16.0 Å². The molecule has 20 heavy (non-hydrogen) atoms. The molecule has 2 heterocycles. The van der Waals surface area contributed by atoms with Crippen molar-refractivity contribution in [2.24, 2.45) is 5.41 Å². The van der Waals surface area contributed by atoms with Crippen LogP contribution >= 0.6 is 12.6 Å². The molecule has 0 radical (unpaired) electrons. The second-order valence-electron chi connectivity index (χ2n) is 6.24. The average Bonchev–Trinajstić information content (AvgIpc) is 2.93. The Hall–Kier alpha value is -1.00. The number of benzene rings is 1. The van der Waals surface area contributed by atoms with Crippen molar-refractivity contribution in [1.29, 1.82) is 0 Å². The van der Waals surface area contributed by atoms with Crippen molar-refractivity contribution in [2.45, 2.75) is 31.3 Å². The summed E-state index contributed by atoms with van der Waals surface area (Å²) in [5.74, 6) is 0.669. The molecular weight excluding hydrogens is 270 g/mol. The van der Waals surface area contributed by atoms with Gasteiger partial charge in [-0.3, -0.25) is 4.79 Å². The summed E-state index contributed by atoms with van der Waals surface area (Å²) in [6.45, 7) is 1.47. The number of ether oxygens (including phenoxy) is 1. The first-order chi connectivity index (χ1) is 9.65. The van der Waals surface area contributed by atoms with Crippen molar-refractivity contribution in [3.05, 3.63) is 35.9 Å². The number of rotatable bonds is 6. The van der Waals surface area contributed by atoms with E-state index >= 15 is 0 Å². The highest BCUT2D eigenvalue weighted by Crippen LogP contribution is 2.59.